The van der Waals surface area contributed by atoms with Gasteiger partial charge < -0.3 is 0 Å². The Hall–Kier alpha value is -1.89. The van der Waals surface area contributed by atoms with Crippen molar-refractivity contribution in [1.29, 1.82) is 0 Å². The Morgan fingerprint density at radius 1 is 0.941 bits per heavy atom. The highest BCUT2D eigenvalue weighted by molar-refractivity contribution is 5.96. The highest BCUT2D eigenvalue weighted by Gasteiger charge is 2.07. The molecular weight excluding hydrogens is 208 g/mol. The fourth-order valence-corrected chi connectivity index (χ4v) is 2.07. The van der Waals surface area contributed by atoms with E-state index in [9.17, 15) is 4.79 Å². The normalized spacial score (nSPS) is 10.3. The predicted octanol–water partition coefficient (Wildman–Crippen LogP) is 4.17. The molecule has 86 valence electrons. The van der Waals surface area contributed by atoms with Crippen LogP contribution >= 0.6 is 0 Å². The van der Waals surface area contributed by atoms with Gasteiger partial charge in [0.1, 0.15) is 0 Å². The van der Waals surface area contributed by atoms with Crippen LogP contribution in [-0.2, 0) is 0 Å². The highest BCUT2D eigenvalue weighted by atomic mass is 16.1. The third-order valence-corrected chi connectivity index (χ3v) is 3.07. The number of ketones is 1. The first-order chi connectivity index (χ1) is 8.09. The minimum atomic E-state index is 0.123. The van der Waals surface area contributed by atoms with Crippen molar-refractivity contribution in [2.24, 2.45) is 0 Å². The molecule has 2 aromatic carbocycles. The van der Waals surface area contributed by atoms with Crippen molar-refractivity contribution in [2.75, 3.05) is 0 Å². The summed E-state index contributed by atoms with van der Waals surface area (Å²) in [6.07, 6.45) is 0. The van der Waals surface area contributed by atoms with E-state index in [0.717, 1.165) is 16.7 Å². The van der Waals surface area contributed by atoms with Crippen molar-refractivity contribution >= 4 is 5.78 Å². The van der Waals surface area contributed by atoms with E-state index in [2.05, 4.69) is 25.1 Å². The van der Waals surface area contributed by atoms with E-state index in [1.165, 1.54) is 11.1 Å². The van der Waals surface area contributed by atoms with Gasteiger partial charge >= 0.3 is 0 Å². The van der Waals surface area contributed by atoms with Crippen LogP contribution in [0.5, 0.6) is 0 Å². The van der Waals surface area contributed by atoms with Crippen LogP contribution in [0.3, 0.4) is 0 Å². The molecule has 0 saturated carbocycles. The van der Waals surface area contributed by atoms with E-state index in [1.807, 2.05) is 31.2 Å². The van der Waals surface area contributed by atoms with Crippen LogP contribution in [0, 0.1) is 13.8 Å². The number of hydrogen-bond donors (Lipinski definition) is 0. The van der Waals surface area contributed by atoms with Crippen molar-refractivity contribution in [3.63, 3.8) is 0 Å². The topological polar surface area (TPSA) is 17.1 Å². The fraction of sp³-hybridized carbons (Fsp3) is 0.188. The number of carbonyl (C=O) groups excluding carboxylic acids is 1. The predicted molar refractivity (Wildman–Crippen MR) is 71.4 cm³/mol. The Morgan fingerprint density at radius 3 is 2.29 bits per heavy atom. The largest absolute Gasteiger partial charge is 0.295 e. The van der Waals surface area contributed by atoms with Crippen LogP contribution in [0.15, 0.2) is 42.5 Å². The highest BCUT2D eigenvalue weighted by Crippen LogP contribution is 2.25. The van der Waals surface area contributed by atoms with E-state index < -0.39 is 0 Å². The lowest BCUT2D eigenvalue weighted by Crippen LogP contribution is -1.96. The van der Waals surface area contributed by atoms with Crippen molar-refractivity contribution in [2.45, 2.75) is 20.8 Å². The van der Waals surface area contributed by atoms with Crippen molar-refractivity contribution in [1.82, 2.24) is 0 Å². The summed E-state index contributed by atoms with van der Waals surface area (Å²) in [5, 5.41) is 0. The van der Waals surface area contributed by atoms with Crippen molar-refractivity contribution < 1.29 is 4.79 Å². The minimum Gasteiger partial charge on any atom is -0.295 e. The maximum atomic E-state index is 11.5. The summed E-state index contributed by atoms with van der Waals surface area (Å²) in [5.41, 5.74) is 5.38. The van der Waals surface area contributed by atoms with Crippen LogP contribution in [0.4, 0.5) is 0 Å². The second kappa shape index (κ2) is 4.54. The number of hydrogen-bond acceptors (Lipinski definition) is 1. The molecule has 0 saturated heterocycles. The number of aryl methyl sites for hydroxylation is 2. The number of benzene rings is 2. The summed E-state index contributed by atoms with van der Waals surface area (Å²) in [6.45, 7) is 5.67. The summed E-state index contributed by atoms with van der Waals surface area (Å²) < 4.78 is 0. The smallest absolute Gasteiger partial charge is 0.160 e. The van der Waals surface area contributed by atoms with Crippen molar-refractivity contribution in [3.05, 3.63) is 59.2 Å². The molecule has 0 aliphatic heterocycles. The molecule has 2 rings (SSSR count). The van der Waals surface area contributed by atoms with Crippen LogP contribution in [-0.4, -0.2) is 5.78 Å². The number of carbonyl (C=O) groups is 1. The lowest BCUT2D eigenvalue weighted by atomic mass is 9.95. The molecule has 2 aromatic rings. The fourth-order valence-electron chi connectivity index (χ4n) is 2.07. The molecule has 0 atom stereocenters. The average molecular weight is 224 g/mol. The van der Waals surface area contributed by atoms with Crippen LogP contribution in [0.2, 0.25) is 0 Å². The van der Waals surface area contributed by atoms with E-state index >= 15 is 0 Å². The molecule has 0 aliphatic carbocycles. The molecule has 0 fully saturated rings. The third-order valence-electron chi connectivity index (χ3n) is 3.07. The summed E-state index contributed by atoms with van der Waals surface area (Å²) in [5.74, 6) is 0.123. The third kappa shape index (κ3) is 2.28. The van der Waals surface area contributed by atoms with Crippen LogP contribution in [0.1, 0.15) is 28.4 Å². The van der Waals surface area contributed by atoms with Gasteiger partial charge in [-0.05, 0) is 49.1 Å². The molecule has 0 bridgehead atoms. The van der Waals surface area contributed by atoms with E-state index in [1.54, 1.807) is 6.92 Å². The zero-order valence-corrected chi connectivity index (χ0v) is 10.4. The van der Waals surface area contributed by atoms with Gasteiger partial charge in [-0.2, -0.15) is 0 Å². The van der Waals surface area contributed by atoms with E-state index in [4.69, 9.17) is 0 Å². The first kappa shape index (κ1) is 11.6. The molecule has 0 amide bonds. The summed E-state index contributed by atoms with van der Waals surface area (Å²) in [6, 6.07) is 14.3. The van der Waals surface area contributed by atoms with Gasteiger partial charge in [0.25, 0.3) is 0 Å². The molecule has 0 radical (unpaired) electrons. The molecule has 0 heterocycles. The van der Waals surface area contributed by atoms with E-state index in [0.29, 0.717) is 0 Å². The molecule has 0 N–H and O–H groups in total. The van der Waals surface area contributed by atoms with Gasteiger partial charge in [-0.15, -0.1) is 0 Å². The maximum Gasteiger partial charge on any atom is 0.160 e. The van der Waals surface area contributed by atoms with Gasteiger partial charge in [-0.3, -0.25) is 4.79 Å². The second-order valence-electron chi connectivity index (χ2n) is 4.40. The molecule has 0 aliphatic rings. The first-order valence-electron chi connectivity index (χ1n) is 5.77. The van der Waals surface area contributed by atoms with E-state index in [-0.39, 0.29) is 5.78 Å². The minimum absolute atomic E-state index is 0.123. The Bertz CT molecular complexity index is 567. The van der Waals surface area contributed by atoms with Crippen molar-refractivity contribution in [3.8, 4) is 11.1 Å². The van der Waals surface area contributed by atoms with Gasteiger partial charge in [0.05, 0.1) is 0 Å². The number of Topliss-reactive ketones (excluding diaryl/α,β-unsaturated/α-hetero) is 1. The van der Waals surface area contributed by atoms with Gasteiger partial charge in [-0.1, -0.05) is 36.4 Å². The average Bonchev–Trinajstić information content (AvgIpc) is 2.30. The second-order valence-corrected chi connectivity index (χ2v) is 4.40. The quantitative estimate of drug-likeness (QED) is 0.699. The number of rotatable bonds is 2. The lowest BCUT2D eigenvalue weighted by molar-refractivity contribution is 0.101. The zero-order valence-electron chi connectivity index (χ0n) is 10.4. The molecule has 0 aromatic heterocycles. The standard InChI is InChI=1S/C16H16O/c1-11-6-4-5-7-15(11)14-9-8-12(2)16(10-14)13(3)17/h4-10H,1-3H3. The summed E-state index contributed by atoms with van der Waals surface area (Å²) >= 11 is 0. The Morgan fingerprint density at radius 2 is 1.65 bits per heavy atom. The molecule has 1 nitrogen and oxygen atoms in total. The summed E-state index contributed by atoms with van der Waals surface area (Å²) in [4.78, 5) is 11.5. The lowest BCUT2D eigenvalue weighted by Gasteiger charge is -2.09. The van der Waals surface area contributed by atoms with Gasteiger partial charge in [0.15, 0.2) is 5.78 Å². The van der Waals surface area contributed by atoms with Gasteiger partial charge in [0.2, 0.25) is 0 Å². The van der Waals surface area contributed by atoms with Gasteiger partial charge in [0, 0.05) is 5.56 Å². The maximum absolute atomic E-state index is 11.5. The molecule has 1 heteroatoms. The Balaban J connectivity index is 2.58. The van der Waals surface area contributed by atoms with Gasteiger partial charge in [-0.25, -0.2) is 0 Å². The van der Waals surface area contributed by atoms with Crippen LogP contribution < -0.4 is 0 Å². The Kier molecular flexibility index (Phi) is 3.10. The zero-order chi connectivity index (χ0) is 12.4. The Labute approximate surface area is 102 Å². The first-order valence-corrected chi connectivity index (χ1v) is 5.77. The molecule has 0 spiro atoms. The SMILES string of the molecule is CC(=O)c1cc(-c2ccccc2C)ccc1C. The molecule has 17 heavy (non-hydrogen) atoms. The molecule has 0 unspecified atom stereocenters. The monoisotopic (exact) mass is 224 g/mol. The van der Waals surface area contributed by atoms with Crippen LogP contribution in [0.25, 0.3) is 11.1 Å². The summed E-state index contributed by atoms with van der Waals surface area (Å²) in [7, 11) is 0. The molecular formula is C16H16O.